The summed E-state index contributed by atoms with van der Waals surface area (Å²) < 4.78 is 0. The molecule has 1 aliphatic heterocycles. The normalized spacial score (nSPS) is 26.5. The van der Waals surface area contributed by atoms with Gasteiger partial charge in [0.25, 0.3) is 0 Å². The Balaban J connectivity index is 1.61. The molecule has 0 aromatic rings. The molecule has 0 radical (unpaired) electrons. The van der Waals surface area contributed by atoms with E-state index < -0.39 is 0 Å². The van der Waals surface area contributed by atoms with Gasteiger partial charge in [-0.2, -0.15) is 0 Å². The summed E-state index contributed by atoms with van der Waals surface area (Å²) in [4.78, 5) is 2.71. The molecular weight excluding hydrogens is 208 g/mol. The van der Waals surface area contributed by atoms with Crippen LogP contribution < -0.4 is 5.32 Å². The first-order valence-electron chi connectivity index (χ1n) is 7.69. The third kappa shape index (κ3) is 3.96. The van der Waals surface area contributed by atoms with Crippen molar-refractivity contribution < 1.29 is 0 Å². The van der Waals surface area contributed by atoms with Crippen LogP contribution in [0.15, 0.2) is 0 Å². The molecule has 2 aliphatic rings. The van der Waals surface area contributed by atoms with Gasteiger partial charge in [-0.25, -0.2) is 0 Å². The lowest BCUT2D eigenvalue weighted by molar-refractivity contribution is 0.157. The van der Waals surface area contributed by atoms with E-state index in [4.69, 9.17) is 0 Å². The molecule has 2 fully saturated rings. The molecule has 0 amide bonds. The van der Waals surface area contributed by atoms with E-state index in [0.717, 1.165) is 11.8 Å². The van der Waals surface area contributed by atoms with E-state index in [0.29, 0.717) is 6.04 Å². The lowest BCUT2D eigenvalue weighted by atomic mass is 9.90. The van der Waals surface area contributed by atoms with Crippen LogP contribution in [0.25, 0.3) is 0 Å². The molecule has 100 valence electrons. The van der Waals surface area contributed by atoms with Crippen LogP contribution in [-0.2, 0) is 0 Å². The number of nitrogens with one attached hydrogen (secondary N) is 1. The van der Waals surface area contributed by atoms with Crippen LogP contribution in [0.4, 0.5) is 0 Å². The van der Waals surface area contributed by atoms with Crippen molar-refractivity contribution in [2.75, 3.05) is 26.7 Å². The van der Waals surface area contributed by atoms with Crippen molar-refractivity contribution in [2.24, 2.45) is 11.8 Å². The zero-order chi connectivity index (χ0) is 12.1. The Morgan fingerprint density at radius 1 is 1.12 bits per heavy atom. The standard InChI is InChI=1S/C15H30N2/c1-13(16-2)15-8-11-17(12-9-15)10-7-14-5-3-4-6-14/h13-16H,3-12H2,1-2H3. The van der Waals surface area contributed by atoms with Crippen LogP contribution in [0.2, 0.25) is 0 Å². The van der Waals surface area contributed by atoms with Crippen molar-refractivity contribution in [3.63, 3.8) is 0 Å². The molecule has 17 heavy (non-hydrogen) atoms. The van der Waals surface area contributed by atoms with Crippen molar-refractivity contribution in [2.45, 2.75) is 57.9 Å². The minimum Gasteiger partial charge on any atom is -0.317 e. The van der Waals surface area contributed by atoms with Gasteiger partial charge < -0.3 is 10.2 Å². The second-order valence-electron chi connectivity index (χ2n) is 6.20. The van der Waals surface area contributed by atoms with Gasteiger partial charge in [0.1, 0.15) is 0 Å². The quantitative estimate of drug-likeness (QED) is 0.792. The summed E-state index contributed by atoms with van der Waals surface area (Å²) >= 11 is 0. The first kappa shape index (κ1) is 13.4. The van der Waals surface area contributed by atoms with Crippen LogP contribution in [0.3, 0.4) is 0 Å². The van der Waals surface area contributed by atoms with Gasteiger partial charge in [-0.05, 0) is 64.7 Å². The molecule has 1 N–H and O–H groups in total. The molecule has 1 unspecified atom stereocenters. The topological polar surface area (TPSA) is 15.3 Å². The highest BCUT2D eigenvalue weighted by Gasteiger charge is 2.23. The Bertz CT molecular complexity index is 203. The predicted octanol–water partition coefficient (Wildman–Crippen LogP) is 2.89. The Kier molecular flexibility index (Phi) is 5.30. The van der Waals surface area contributed by atoms with Crippen molar-refractivity contribution >= 4 is 0 Å². The lowest BCUT2D eigenvalue weighted by Crippen LogP contribution is -2.41. The molecular formula is C15H30N2. The second kappa shape index (κ2) is 6.75. The fourth-order valence-corrected chi connectivity index (χ4v) is 3.58. The van der Waals surface area contributed by atoms with E-state index >= 15 is 0 Å². The maximum absolute atomic E-state index is 3.41. The van der Waals surface area contributed by atoms with Crippen molar-refractivity contribution in [3.8, 4) is 0 Å². The summed E-state index contributed by atoms with van der Waals surface area (Å²) in [5.74, 6) is 1.96. The fraction of sp³-hybridized carbons (Fsp3) is 1.00. The van der Waals surface area contributed by atoms with Crippen LogP contribution in [0.1, 0.15) is 51.9 Å². The molecule has 0 bridgehead atoms. The van der Waals surface area contributed by atoms with Crippen LogP contribution in [0, 0.1) is 11.8 Å². The first-order chi connectivity index (χ1) is 8.29. The molecule has 1 aliphatic carbocycles. The number of likely N-dealkylation sites (tertiary alicyclic amines) is 1. The summed E-state index contributed by atoms with van der Waals surface area (Å²) in [6.07, 6.45) is 10.3. The third-order valence-corrected chi connectivity index (χ3v) is 5.12. The number of hydrogen-bond donors (Lipinski definition) is 1. The Morgan fingerprint density at radius 3 is 2.35 bits per heavy atom. The zero-order valence-corrected chi connectivity index (χ0v) is 11.8. The number of nitrogens with zero attached hydrogens (tertiary/aromatic N) is 1. The number of piperidine rings is 1. The summed E-state index contributed by atoms with van der Waals surface area (Å²) in [6.45, 7) is 6.37. The molecule has 2 nitrogen and oxygen atoms in total. The molecule has 0 aromatic carbocycles. The van der Waals surface area contributed by atoms with Crippen molar-refractivity contribution in [3.05, 3.63) is 0 Å². The predicted molar refractivity (Wildman–Crippen MR) is 74.3 cm³/mol. The molecule has 0 spiro atoms. The molecule has 1 saturated heterocycles. The van der Waals surface area contributed by atoms with Crippen molar-refractivity contribution in [1.82, 2.24) is 10.2 Å². The molecule has 1 saturated carbocycles. The van der Waals surface area contributed by atoms with Gasteiger partial charge in [-0.15, -0.1) is 0 Å². The summed E-state index contributed by atoms with van der Waals surface area (Å²) in [5.41, 5.74) is 0. The van der Waals surface area contributed by atoms with Gasteiger partial charge in [0.15, 0.2) is 0 Å². The largest absolute Gasteiger partial charge is 0.317 e. The molecule has 2 heteroatoms. The third-order valence-electron chi connectivity index (χ3n) is 5.12. The minimum absolute atomic E-state index is 0.701. The van der Waals surface area contributed by atoms with E-state index in [2.05, 4.69) is 24.2 Å². The number of hydrogen-bond acceptors (Lipinski definition) is 2. The molecule has 2 rings (SSSR count). The molecule has 0 aromatic heterocycles. The van der Waals surface area contributed by atoms with Gasteiger partial charge in [0.2, 0.25) is 0 Å². The van der Waals surface area contributed by atoms with Crippen LogP contribution in [-0.4, -0.2) is 37.6 Å². The smallest absolute Gasteiger partial charge is 0.00649 e. The van der Waals surface area contributed by atoms with E-state index in [1.54, 1.807) is 0 Å². The summed E-state index contributed by atoms with van der Waals surface area (Å²) in [6, 6.07) is 0.701. The minimum atomic E-state index is 0.701. The van der Waals surface area contributed by atoms with Gasteiger partial charge in [0, 0.05) is 6.04 Å². The Labute approximate surface area is 107 Å². The maximum atomic E-state index is 3.41. The van der Waals surface area contributed by atoms with Gasteiger partial charge in [-0.3, -0.25) is 0 Å². The monoisotopic (exact) mass is 238 g/mol. The SMILES string of the molecule is CNC(C)C1CCN(CCC2CCCC2)CC1. The van der Waals surface area contributed by atoms with E-state index in [1.165, 1.54) is 64.6 Å². The Morgan fingerprint density at radius 2 is 1.76 bits per heavy atom. The molecule has 1 atom stereocenters. The number of rotatable bonds is 5. The highest BCUT2D eigenvalue weighted by Crippen LogP contribution is 2.28. The lowest BCUT2D eigenvalue weighted by Gasteiger charge is -2.35. The first-order valence-corrected chi connectivity index (χ1v) is 7.69. The summed E-state index contributed by atoms with van der Waals surface area (Å²) in [7, 11) is 2.09. The highest BCUT2D eigenvalue weighted by molar-refractivity contribution is 4.79. The molecule has 1 heterocycles. The van der Waals surface area contributed by atoms with Gasteiger partial charge in [-0.1, -0.05) is 25.7 Å². The van der Waals surface area contributed by atoms with E-state index in [1.807, 2.05) is 0 Å². The van der Waals surface area contributed by atoms with Crippen LogP contribution >= 0.6 is 0 Å². The van der Waals surface area contributed by atoms with Gasteiger partial charge >= 0.3 is 0 Å². The average molecular weight is 238 g/mol. The fourth-order valence-electron chi connectivity index (χ4n) is 3.58. The zero-order valence-electron chi connectivity index (χ0n) is 11.8. The Hall–Kier alpha value is -0.0800. The van der Waals surface area contributed by atoms with Gasteiger partial charge in [0.05, 0.1) is 0 Å². The highest BCUT2D eigenvalue weighted by atomic mass is 15.1. The van der Waals surface area contributed by atoms with Crippen LogP contribution in [0.5, 0.6) is 0 Å². The summed E-state index contributed by atoms with van der Waals surface area (Å²) in [5, 5.41) is 3.41. The average Bonchev–Trinajstić information content (AvgIpc) is 2.89. The maximum Gasteiger partial charge on any atom is 0.00649 e. The van der Waals surface area contributed by atoms with Crippen molar-refractivity contribution in [1.29, 1.82) is 0 Å². The van der Waals surface area contributed by atoms with E-state index in [-0.39, 0.29) is 0 Å². The second-order valence-corrected chi connectivity index (χ2v) is 6.20. The van der Waals surface area contributed by atoms with E-state index in [9.17, 15) is 0 Å².